The Kier molecular flexibility index (Phi) is 3.06. The van der Waals surface area contributed by atoms with Gasteiger partial charge in [0, 0.05) is 6.08 Å². The van der Waals surface area contributed by atoms with Gasteiger partial charge in [0.05, 0.1) is 7.11 Å². The molecule has 0 radical (unpaired) electrons. The molecule has 1 heterocycles. The third kappa shape index (κ3) is 2.48. The fourth-order valence-electron chi connectivity index (χ4n) is 0.806. The van der Waals surface area contributed by atoms with Gasteiger partial charge in [0.25, 0.3) is 0 Å². The lowest BCUT2D eigenvalue weighted by molar-refractivity contribution is -0.131. The molecule has 74 valence electrons. The van der Waals surface area contributed by atoms with Crippen LogP contribution in [0.25, 0.3) is 6.08 Å². The summed E-state index contributed by atoms with van der Waals surface area (Å²) < 4.78 is 9.36. The number of carbonyl (C=O) groups excluding carboxylic acids is 1. The molecule has 0 saturated carbocycles. The van der Waals surface area contributed by atoms with Crippen molar-refractivity contribution >= 4 is 18.0 Å². The predicted molar refractivity (Wildman–Crippen MR) is 46.7 cm³/mol. The predicted octanol–water partition coefficient (Wildman–Crippen LogP) is 1.16. The number of carboxylic acid groups (broad SMARTS) is 1. The Morgan fingerprint density at radius 2 is 2.21 bits per heavy atom. The Morgan fingerprint density at radius 1 is 1.50 bits per heavy atom. The van der Waals surface area contributed by atoms with E-state index in [0.717, 1.165) is 6.08 Å². The molecule has 0 saturated heterocycles. The van der Waals surface area contributed by atoms with E-state index in [4.69, 9.17) is 9.52 Å². The van der Waals surface area contributed by atoms with Crippen molar-refractivity contribution in [3.63, 3.8) is 0 Å². The van der Waals surface area contributed by atoms with Crippen molar-refractivity contribution in [3.8, 4) is 0 Å². The van der Waals surface area contributed by atoms with E-state index in [-0.39, 0.29) is 11.5 Å². The molecule has 14 heavy (non-hydrogen) atoms. The Morgan fingerprint density at radius 3 is 2.79 bits per heavy atom. The highest BCUT2D eigenvalue weighted by Gasteiger charge is 2.09. The minimum absolute atomic E-state index is 0.0394. The lowest BCUT2D eigenvalue weighted by Crippen LogP contribution is -1.98. The van der Waals surface area contributed by atoms with Crippen molar-refractivity contribution in [1.29, 1.82) is 0 Å². The van der Waals surface area contributed by atoms with Crippen LogP contribution < -0.4 is 0 Å². The second kappa shape index (κ2) is 4.27. The first-order valence-electron chi connectivity index (χ1n) is 3.72. The standard InChI is InChI=1S/C9H8O5/c1-13-9(12)7-4-2-6(14-7)3-5-8(10)11/h2-5H,1H3,(H,10,11). The number of methoxy groups -OCH3 is 1. The first-order valence-corrected chi connectivity index (χ1v) is 3.72. The first-order chi connectivity index (χ1) is 6.63. The molecule has 5 heteroatoms. The van der Waals surface area contributed by atoms with E-state index < -0.39 is 11.9 Å². The lowest BCUT2D eigenvalue weighted by atomic mass is 10.4. The average Bonchev–Trinajstić information content (AvgIpc) is 2.62. The fraction of sp³-hybridized carbons (Fsp3) is 0.111. The fourth-order valence-corrected chi connectivity index (χ4v) is 0.806. The van der Waals surface area contributed by atoms with Crippen molar-refractivity contribution in [2.75, 3.05) is 7.11 Å². The van der Waals surface area contributed by atoms with E-state index in [1.54, 1.807) is 0 Å². The molecule has 1 aromatic rings. The van der Waals surface area contributed by atoms with Gasteiger partial charge < -0.3 is 14.3 Å². The highest BCUT2D eigenvalue weighted by molar-refractivity contribution is 5.87. The summed E-state index contributed by atoms with van der Waals surface area (Å²) in [5, 5.41) is 8.32. The molecule has 1 rings (SSSR count). The number of ether oxygens (including phenoxy) is 1. The van der Waals surface area contributed by atoms with Gasteiger partial charge in [-0.1, -0.05) is 0 Å². The quantitative estimate of drug-likeness (QED) is 0.579. The molecule has 0 bridgehead atoms. The van der Waals surface area contributed by atoms with E-state index in [1.165, 1.54) is 25.3 Å². The molecular formula is C9H8O5. The highest BCUT2D eigenvalue weighted by atomic mass is 16.5. The molecule has 0 aliphatic rings. The van der Waals surface area contributed by atoms with Crippen molar-refractivity contribution in [3.05, 3.63) is 29.7 Å². The summed E-state index contributed by atoms with van der Waals surface area (Å²) in [6, 6.07) is 2.89. The first kappa shape index (κ1) is 10.0. The van der Waals surface area contributed by atoms with Gasteiger partial charge in [-0.05, 0) is 18.2 Å². The third-order valence-electron chi connectivity index (χ3n) is 1.40. The van der Waals surface area contributed by atoms with Crippen LogP contribution in [0.2, 0.25) is 0 Å². The summed E-state index contributed by atoms with van der Waals surface area (Å²) in [5.74, 6) is -1.36. The zero-order valence-corrected chi connectivity index (χ0v) is 7.39. The van der Waals surface area contributed by atoms with E-state index in [9.17, 15) is 9.59 Å². The molecule has 0 spiro atoms. The van der Waals surface area contributed by atoms with Crippen LogP contribution in [0.4, 0.5) is 0 Å². The molecule has 0 atom stereocenters. The SMILES string of the molecule is COC(=O)c1ccc(C=CC(=O)O)o1. The largest absolute Gasteiger partial charge is 0.478 e. The molecule has 0 aliphatic carbocycles. The van der Waals surface area contributed by atoms with Crippen molar-refractivity contribution in [2.45, 2.75) is 0 Å². The summed E-state index contributed by atoms with van der Waals surface area (Å²) in [6.07, 6.45) is 2.16. The smallest absolute Gasteiger partial charge is 0.373 e. The van der Waals surface area contributed by atoms with E-state index in [2.05, 4.69) is 4.74 Å². The van der Waals surface area contributed by atoms with Gasteiger partial charge >= 0.3 is 11.9 Å². The number of hydrogen-bond donors (Lipinski definition) is 1. The molecule has 0 aromatic carbocycles. The summed E-state index contributed by atoms with van der Waals surface area (Å²) >= 11 is 0. The number of carboxylic acids is 1. The van der Waals surface area contributed by atoms with Gasteiger partial charge in [-0.3, -0.25) is 0 Å². The van der Waals surface area contributed by atoms with Crippen LogP contribution in [0.5, 0.6) is 0 Å². The Balaban J connectivity index is 2.78. The molecule has 0 fully saturated rings. The summed E-state index contributed by atoms with van der Waals surface area (Å²) in [5.41, 5.74) is 0. The number of hydrogen-bond acceptors (Lipinski definition) is 4. The normalized spacial score (nSPS) is 10.4. The van der Waals surface area contributed by atoms with Crippen molar-refractivity contribution < 1.29 is 23.8 Å². The third-order valence-corrected chi connectivity index (χ3v) is 1.40. The van der Waals surface area contributed by atoms with Gasteiger partial charge in [-0.2, -0.15) is 0 Å². The van der Waals surface area contributed by atoms with Crippen LogP contribution in [0.15, 0.2) is 22.6 Å². The highest BCUT2D eigenvalue weighted by Crippen LogP contribution is 2.10. The lowest BCUT2D eigenvalue weighted by Gasteiger charge is -1.91. The van der Waals surface area contributed by atoms with Crippen LogP contribution in [0.1, 0.15) is 16.3 Å². The molecule has 0 unspecified atom stereocenters. The molecular weight excluding hydrogens is 188 g/mol. The van der Waals surface area contributed by atoms with Crippen LogP contribution in [0, 0.1) is 0 Å². The van der Waals surface area contributed by atoms with Gasteiger partial charge in [0.1, 0.15) is 5.76 Å². The second-order valence-corrected chi connectivity index (χ2v) is 2.37. The summed E-state index contributed by atoms with van der Waals surface area (Å²) in [7, 11) is 1.23. The Labute approximate surface area is 79.6 Å². The summed E-state index contributed by atoms with van der Waals surface area (Å²) in [6.45, 7) is 0. The van der Waals surface area contributed by atoms with E-state index in [1.807, 2.05) is 0 Å². The number of furan rings is 1. The Hall–Kier alpha value is -2.04. The number of carbonyl (C=O) groups is 2. The maximum Gasteiger partial charge on any atom is 0.373 e. The van der Waals surface area contributed by atoms with Gasteiger partial charge in [0.2, 0.25) is 5.76 Å². The Bertz CT molecular complexity index is 374. The summed E-state index contributed by atoms with van der Waals surface area (Å²) in [4.78, 5) is 21.1. The zero-order chi connectivity index (χ0) is 10.6. The molecule has 1 aromatic heterocycles. The zero-order valence-electron chi connectivity index (χ0n) is 7.39. The van der Waals surface area contributed by atoms with Crippen LogP contribution in [-0.2, 0) is 9.53 Å². The van der Waals surface area contributed by atoms with Gasteiger partial charge in [-0.15, -0.1) is 0 Å². The van der Waals surface area contributed by atoms with Gasteiger partial charge in [0.15, 0.2) is 0 Å². The van der Waals surface area contributed by atoms with E-state index in [0.29, 0.717) is 0 Å². The topological polar surface area (TPSA) is 76.7 Å². The number of esters is 1. The van der Waals surface area contributed by atoms with Crippen LogP contribution >= 0.6 is 0 Å². The average molecular weight is 196 g/mol. The van der Waals surface area contributed by atoms with Crippen molar-refractivity contribution in [2.24, 2.45) is 0 Å². The minimum atomic E-state index is -1.08. The van der Waals surface area contributed by atoms with Crippen LogP contribution in [-0.4, -0.2) is 24.2 Å². The van der Waals surface area contributed by atoms with E-state index >= 15 is 0 Å². The number of aliphatic carboxylic acids is 1. The monoisotopic (exact) mass is 196 g/mol. The van der Waals surface area contributed by atoms with Crippen LogP contribution in [0.3, 0.4) is 0 Å². The molecule has 0 aliphatic heterocycles. The second-order valence-electron chi connectivity index (χ2n) is 2.37. The molecule has 5 nitrogen and oxygen atoms in total. The maximum atomic E-state index is 10.9. The maximum absolute atomic E-state index is 10.9. The van der Waals surface area contributed by atoms with Gasteiger partial charge in [-0.25, -0.2) is 9.59 Å². The molecule has 1 N–H and O–H groups in total. The minimum Gasteiger partial charge on any atom is -0.478 e. The number of rotatable bonds is 3. The van der Waals surface area contributed by atoms with Crippen molar-refractivity contribution in [1.82, 2.24) is 0 Å². The molecule has 0 amide bonds.